The van der Waals surface area contributed by atoms with Gasteiger partial charge in [0, 0.05) is 18.5 Å². The number of benzene rings is 1. The van der Waals surface area contributed by atoms with Crippen LogP contribution in [-0.2, 0) is 23.9 Å². The number of carbonyl (C=O) groups is 4. The van der Waals surface area contributed by atoms with E-state index in [-0.39, 0.29) is 24.8 Å². The number of rotatable bonds is 12. The number of esters is 1. The Labute approximate surface area is 158 Å². The SMILES string of the molecule is CCOC(=O)CCCCCC(=O)NCC(=O)N(CC(=O)O)c1ccccc1. The lowest BCUT2D eigenvalue weighted by Crippen LogP contribution is -2.42. The first kappa shape index (κ1) is 22.1. The Morgan fingerprint density at radius 2 is 1.70 bits per heavy atom. The summed E-state index contributed by atoms with van der Waals surface area (Å²) in [5.74, 6) is -2.17. The summed E-state index contributed by atoms with van der Waals surface area (Å²) in [5, 5.41) is 11.5. The molecule has 2 amide bonds. The van der Waals surface area contributed by atoms with Gasteiger partial charge in [-0.15, -0.1) is 0 Å². The number of anilines is 1. The summed E-state index contributed by atoms with van der Waals surface area (Å²) in [6.07, 6.45) is 2.51. The summed E-state index contributed by atoms with van der Waals surface area (Å²) in [6, 6.07) is 8.42. The van der Waals surface area contributed by atoms with Gasteiger partial charge in [-0.2, -0.15) is 0 Å². The Hall–Kier alpha value is -2.90. The number of nitrogens with one attached hydrogen (secondary N) is 1. The molecule has 8 heteroatoms. The first-order valence-corrected chi connectivity index (χ1v) is 8.93. The van der Waals surface area contributed by atoms with Crippen LogP contribution in [0.25, 0.3) is 0 Å². The van der Waals surface area contributed by atoms with E-state index in [1.807, 2.05) is 0 Å². The molecule has 0 aliphatic rings. The van der Waals surface area contributed by atoms with Gasteiger partial charge in [-0.05, 0) is 31.9 Å². The molecule has 8 nitrogen and oxygen atoms in total. The molecule has 0 saturated carbocycles. The molecular weight excluding hydrogens is 352 g/mol. The monoisotopic (exact) mass is 378 g/mol. The van der Waals surface area contributed by atoms with Gasteiger partial charge in [0.2, 0.25) is 11.8 Å². The summed E-state index contributed by atoms with van der Waals surface area (Å²) in [5.41, 5.74) is 0.457. The van der Waals surface area contributed by atoms with Crippen LogP contribution in [0.4, 0.5) is 5.69 Å². The van der Waals surface area contributed by atoms with Crippen LogP contribution in [0.2, 0.25) is 0 Å². The normalized spacial score (nSPS) is 10.1. The molecular formula is C19H26N2O6. The topological polar surface area (TPSA) is 113 Å². The van der Waals surface area contributed by atoms with Gasteiger partial charge in [-0.3, -0.25) is 24.1 Å². The molecule has 0 saturated heterocycles. The van der Waals surface area contributed by atoms with E-state index in [1.54, 1.807) is 37.3 Å². The molecule has 1 rings (SSSR count). The number of nitrogens with zero attached hydrogens (tertiary/aromatic N) is 1. The van der Waals surface area contributed by atoms with Crippen molar-refractivity contribution in [2.75, 3.05) is 24.6 Å². The molecule has 1 aromatic carbocycles. The molecule has 2 N–H and O–H groups in total. The maximum Gasteiger partial charge on any atom is 0.323 e. The quantitative estimate of drug-likeness (QED) is 0.423. The van der Waals surface area contributed by atoms with Crippen LogP contribution < -0.4 is 10.2 Å². The highest BCUT2D eigenvalue weighted by Gasteiger charge is 2.19. The van der Waals surface area contributed by atoms with Gasteiger partial charge < -0.3 is 15.2 Å². The fourth-order valence-electron chi connectivity index (χ4n) is 2.39. The minimum Gasteiger partial charge on any atom is -0.480 e. The summed E-state index contributed by atoms with van der Waals surface area (Å²) in [4.78, 5) is 47.4. The zero-order valence-electron chi connectivity index (χ0n) is 15.5. The number of carbonyl (C=O) groups excluding carboxylic acids is 3. The molecule has 0 radical (unpaired) electrons. The Kier molecular flexibility index (Phi) is 10.2. The summed E-state index contributed by atoms with van der Waals surface area (Å²) >= 11 is 0. The molecule has 27 heavy (non-hydrogen) atoms. The van der Waals surface area contributed by atoms with E-state index in [2.05, 4.69) is 5.32 Å². The Balaban J connectivity index is 2.35. The lowest BCUT2D eigenvalue weighted by molar-refractivity contribution is -0.143. The highest BCUT2D eigenvalue weighted by molar-refractivity contribution is 5.99. The van der Waals surface area contributed by atoms with Gasteiger partial charge in [0.15, 0.2) is 0 Å². The first-order chi connectivity index (χ1) is 12.9. The van der Waals surface area contributed by atoms with Crippen molar-refractivity contribution in [3.8, 4) is 0 Å². The van der Waals surface area contributed by atoms with Gasteiger partial charge in [0.05, 0.1) is 13.2 Å². The predicted octanol–water partition coefficient (Wildman–Crippen LogP) is 1.73. The molecule has 0 fully saturated rings. The second-order valence-electron chi connectivity index (χ2n) is 5.85. The van der Waals surface area contributed by atoms with E-state index < -0.39 is 18.4 Å². The number of hydrogen-bond acceptors (Lipinski definition) is 5. The molecule has 0 unspecified atom stereocenters. The second-order valence-corrected chi connectivity index (χ2v) is 5.85. The summed E-state index contributed by atoms with van der Waals surface area (Å²) in [7, 11) is 0. The van der Waals surface area contributed by atoms with Gasteiger partial charge in [0.25, 0.3) is 0 Å². The Bertz CT molecular complexity index is 632. The maximum absolute atomic E-state index is 12.3. The third kappa shape index (κ3) is 9.39. The third-order valence-corrected chi connectivity index (χ3v) is 3.69. The number of carboxylic acids is 1. The van der Waals surface area contributed by atoms with Crippen LogP contribution >= 0.6 is 0 Å². The largest absolute Gasteiger partial charge is 0.480 e. The minimum atomic E-state index is -1.14. The van der Waals surface area contributed by atoms with E-state index in [0.717, 1.165) is 4.90 Å². The Morgan fingerprint density at radius 1 is 1.04 bits per heavy atom. The average molecular weight is 378 g/mol. The van der Waals surface area contributed by atoms with E-state index in [4.69, 9.17) is 9.84 Å². The molecule has 0 aromatic heterocycles. The number of hydrogen-bond donors (Lipinski definition) is 2. The number of aliphatic carboxylic acids is 1. The van der Waals surface area contributed by atoms with Gasteiger partial charge in [-0.1, -0.05) is 24.6 Å². The average Bonchev–Trinajstić information content (AvgIpc) is 2.64. The highest BCUT2D eigenvalue weighted by Crippen LogP contribution is 2.13. The Morgan fingerprint density at radius 3 is 2.33 bits per heavy atom. The highest BCUT2D eigenvalue weighted by atomic mass is 16.5. The van der Waals surface area contributed by atoms with Crippen LogP contribution in [0, 0.1) is 0 Å². The van der Waals surface area contributed by atoms with Crippen LogP contribution in [-0.4, -0.2) is 48.6 Å². The number of amides is 2. The van der Waals surface area contributed by atoms with E-state index in [0.29, 0.717) is 38.0 Å². The van der Waals surface area contributed by atoms with Crippen molar-refractivity contribution >= 4 is 29.4 Å². The number of ether oxygens (including phenoxy) is 1. The molecule has 0 heterocycles. The van der Waals surface area contributed by atoms with Crippen molar-refractivity contribution in [1.29, 1.82) is 0 Å². The van der Waals surface area contributed by atoms with Crippen LogP contribution in [0.3, 0.4) is 0 Å². The van der Waals surface area contributed by atoms with Crippen molar-refractivity contribution in [2.45, 2.75) is 39.0 Å². The number of carboxylic acid groups (broad SMARTS) is 1. The molecule has 0 atom stereocenters. The van der Waals surface area contributed by atoms with Crippen LogP contribution in [0.15, 0.2) is 30.3 Å². The molecule has 0 spiro atoms. The molecule has 148 valence electrons. The van der Waals surface area contributed by atoms with Crippen molar-refractivity contribution in [3.63, 3.8) is 0 Å². The smallest absolute Gasteiger partial charge is 0.323 e. The van der Waals surface area contributed by atoms with Crippen molar-refractivity contribution in [1.82, 2.24) is 5.32 Å². The van der Waals surface area contributed by atoms with E-state index in [9.17, 15) is 19.2 Å². The van der Waals surface area contributed by atoms with Crippen molar-refractivity contribution < 1.29 is 29.0 Å². The van der Waals surface area contributed by atoms with Crippen molar-refractivity contribution in [3.05, 3.63) is 30.3 Å². The lowest BCUT2D eigenvalue weighted by Gasteiger charge is -2.21. The molecule has 0 aliphatic heterocycles. The van der Waals surface area contributed by atoms with E-state index in [1.165, 1.54) is 0 Å². The van der Waals surface area contributed by atoms with Gasteiger partial charge in [0.1, 0.15) is 6.54 Å². The lowest BCUT2D eigenvalue weighted by atomic mass is 10.1. The zero-order valence-corrected chi connectivity index (χ0v) is 15.5. The third-order valence-electron chi connectivity index (χ3n) is 3.69. The van der Waals surface area contributed by atoms with Crippen molar-refractivity contribution in [2.24, 2.45) is 0 Å². The number of unbranched alkanes of at least 4 members (excludes halogenated alkanes) is 2. The van der Waals surface area contributed by atoms with Crippen LogP contribution in [0.1, 0.15) is 39.0 Å². The first-order valence-electron chi connectivity index (χ1n) is 8.93. The molecule has 1 aromatic rings. The maximum atomic E-state index is 12.3. The summed E-state index contributed by atoms with van der Waals surface area (Å²) < 4.78 is 4.82. The fraction of sp³-hybridized carbons (Fsp3) is 0.474. The molecule has 0 aliphatic carbocycles. The van der Waals surface area contributed by atoms with Gasteiger partial charge in [-0.25, -0.2) is 0 Å². The number of para-hydroxylation sites is 1. The second kappa shape index (κ2) is 12.5. The van der Waals surface area contributed by atoms with Crippen LogP contribution in [0.5, 0.6) is 0 Å². The van der Waals surface area contributed by atoms with Gasteiger partial charge >= 0.3 is 11.9 Å². The molecule has 0 bridgehead atoms. The minimum absolute atomic E-state index is 0.236. The van der Waals surface area contributed by atoms with E-state index >= 15 is 0 Å². The fourth-order valence-corrected chi connectivity index (χ4v) is 2.39. The standard InChI is InChI=1S/C19H26N2O6/c1-2-27-19(26)12-8-4-7-11-16(22)20-13-17(23)21(14-18(24)25)15-9-5-3-6-10-15/h3,5-6,9-10H,2,4,7-8,11-14H2,1H3,(H,20,22)(H,24,25). The summed E-state index contributed by atoms with van der Waals surface area (Å²) in [6.45, 7) is 1.35. The zero-order chi connectivity index (χ0) is 20.1. The predicted molar refractivity (Wildman–Crippen MR) is 99.2 cm³/mol.